The quantitative estimate of drug-likeness (QED) is 0.268. The number of hydrogen-bond acceptors (Lipinski definition) is 7. The third kappa shape index (κ3) is 4.98. The first kappa shape index (κ1) is 28.3. The Labute approximate surface area is 248 Å². The van der Waals surface area contributed by atoms with Crippen LogP contribution in [0, 0.1) is 17.8 Å². The predicted molar refractivity (Wildman–Crippen MR) is 154 cm³/mol. The Morgan fingerprint density at radius 1 is 1.02 bits per heavy atom. The molecule has 1 heterocycles. The summed E-state index contributed by atoms with van der Waals surface area (Å²) in [5.74, 6) is -4.66. The molecule has 1 fully saturated rings. The van der Waals surface area contributed by atoms with E-state index in [1.165, 1.54) is 12.1 Å². The summed E-state index contributed by atoms with van der Waals surface area (Å²) < 4.78 is 5.88. The second-order valence-corrected chi connectivity index (χ2v) is 11.5. The number of carboxylic acid groups (broad SMARTS) is 1. The van der Waals surface area contributed by atoms with Crippen LogP contribution in [0.2, 0.25) is 0 Å². The maximum Gasteiger partial charge on any atom is 0.303 e. The molecule has 2 aromatic rings. The normalized spacial score (nSPS) is 24.7. The zero-order valence-corrected chi connectivity index (χ0v) is 23.6. The van der Waals surface area contributed by atoms with Crippen LogP contribution in [0.4, 0.5) is 0 Å². The number of imide groups is 1. The standard InChI is InChI=1S/C34H31NO8/c1-18-14-27(37)31-25(32(18)40)16-24-21(11-12-23-30(24)34(42)35(33(23)41)13-5-8-28(38)39)29(31)22-10-9-20(15-26(22)36)43-17-19-6-3-2-4-7-19/h2-4,6-7,9-11,14-15,23-24,29-30,36H,5,8,12-13,16-17H2,1H3,(H,38,39)/t23-,24+,29+,30-/m0/s1. The maximum absolute atomic E-state index is 13.7. The second-order valence-electron chi connectivity index (χ2n) is 11.5. The average Bonchev–Trinajstić information content (AvgIpc) is 3.23. The van der Waals surface area contributed by atoms with Gasteiger partial charge in [-0.2, -0.15) is 0 Å². The third-order valence-corrected chi connectivity index (χ3v) is 8.99. The molecule has 0 saturated carbocycles. The van der Waals surface area contributed by atoms with Crippen LogP contribution in [0.25, 0.3) is 0 Å². The predicted octanol–water partition coefficient (Wildman–Crippen LogP) is 4.27. The number of aromatic hydroxyl groups is 1. The van der Waals surface area contributed by atoms with Gasteiger partial charge in [-0.3, -0.25) is 28.9 Å². The van der Waals surface area contributed by atoms with Crippen LogP contribution in [-0.2, 0) is 30.6 Å². The number of benzene rings is 2. The van der Waals surface area contributed by atoms with Gasteiger partial charge in [0.15, 0.2) is 11.6 Å². The number of carbonyl (C=O) groups excluding carboxylic acids is 4. The van der Waals surface area contributed by atoms with Gasteiger partial charge in [0.25, 0.3) is 0 Å². The van der Waals surface area contributed by atoms with Crippen LogP contribution in [0.15, 0.2) is 83.0 Å². The van der Waals surface area contributed by atoms with Gasteiger partial charge in [-0.1, -0.05) is 48.0 Å². The van der Waals surface area contributed by atoms with E-state index in [4.69, 9.17) is 9.84 Å². The monoisotopic (exact) mass is 581 g/mol. The van der Waals surface area contributed by atoms with Crippen molar-refractivity contribution in [2.24, 2.45) is 17.8 Å². The van der Waals surface area contributed by atoms with E-state index in [0.717, 1.165) is 16.0 Å². The summed E-state index contributed by atoms with van der Waals surface area (Å²) >= 11 is 0. The molecule has 2 aromatic carbocycles. The molecule has 43 heavy (non-hydrogen) atoms. The number of nitrogens with zero attached hydrogens (tertiary/aromatic N) is 1. The summed E-state index contributed by atoms with van der Waals surface area (Å²) in [5.41, 5.74) is 3.01. The van der Waals surface area contributed by atoms with E-state index < -0.39 is 29.6 Å². The minimum absolute atomic E-state index is 0.0148. The molecule has 0 aromatic heterocycles. The molecule has 3 aliphatic carbocycles. The Bertz CT molecular complexity index is 1650. The lowest BCUT2D eigenvalue weighted by molar-refractivity contribution is -0.142. The fourth-order valence-corrected chi connectivity index (χ4v) is 7.01. The van der Waals surface area contributed by atoms with E-state index in [0.29, 0.717) is 34.6 Å². The highest BCUT2D eigenvalue weighted by atomic mass is 16.5. The van der Waals surface area contributed by atoms with Crippen LogP contribution in [0.3, 0.4) is 0 Å². The van der Waals surface area contributed by atoms with Gasteiger partial charge in [0, 0.05) is 47.2 Å². The molecule has 4 atom stereocenters. The summed E-state index contributed by atoms with van der Waals surface area (Å²) in [6.45, 7) is 1.89. The van der Waals surface area contributed by atoms with Gasteiger partial charge in [-0.05, 0) is 49.8 Å². The Morgan fingerprint density at radius 3 is 2.51 bits per heavy atom. The minimum atomic E-state index is -1.00. The summed E-state index contributed by atoms with van der Waals surface area (Å²) in [6.07, 6.45) is 3.60. The van der Waals surface area contributed by atoms with Crippen molar-refractivity contribution in [2.45, 2.75) is 45.1 Å². The Balaban J connectivity index is 1.36. The highest BCUT2D eigenvalue weighted by molar-refractivity contribution is 6.23. The molecule has 2 N–H and O–H groups in total. The van der Waals surface area contributed by atoms with Crippen molar-refractivity contribution in [3.63, 3.8) is 0 Å². The Kier molecular flexibility index (Phi) is 7.33. The van der Waals surface area contributed by atoms with Crippen molar-refractivity contribution in [2.75, 3.05) is 6.54 Å². The number of ether oxygens (including phenoxy) is 1. The largest absolute Gasteiger partial charge is 0.507 e. The highest BCUT2D eigenvalue weighted by Gasteiger charge is 2.56. The van der Waals surface area contributed by atoms with Gasteiger partial charge in [0.05, 0.1) is 11.8 Å². The number of fused-ring (bicyclic) bond motifs is 3. The second kappa shape index (κ2) is 11.1. The van der Waals surface area contributed by atoms with Crippen molar-refractivity contribution in [1.29, 1.82) is 0 Å². The lowest BCUT2D eigenvalue weighted by Crippen LogP contribution is -2.39. The first-order chi connectivity index (χ1) is 20.7. The van der Waals surface area contributed by atoms with Crippen molar-refractivity contribution < 1.29 is 38.9 Å². The number of allylic oxidation sites excluding steroid dienone is 6. The number of ketones is 2. The number of phenolic OH excluding ortho intramolecular Hbond substituents is 1. The molecule has 0 spiro atoms. The topological polar surface area (TPSA) is 138 Å². The molecule has 9 nitrogen and oxygen atoms in total. The summed E-state index contributed by atoms with van der Waals surface area (Å²) in [7, 11) is 0. The molecule has 4 aliphatic rings. The SMILES string of the molecule is CC1=CC(=O)C2=C(C[C@@H]3C(=CC[C@@H]4C(=O)N(CCCC(=O)O)C(=O)[C@@H]43)[C@@H]2c2ccc(OCc3ccccc3)cc2O)C1=O. The lowest BCUT2D eigenvalue weighted by atomic mass is 9.59. The average molecular weight is 582 g/mol. The van der Waals surface area contributed by atoms with E-state index in [1.807, 2.05) is 36.4 Å². The van der Waals surface area contributed by atoms with Crippen molar-refractivity contribution in [3.05, 3.63) is 94.1 Å². The number of aliphatic carboxylic acids is 1. The Morgan fingerprint density at radius 2 is 1.79 bits per heavy atom. The zero-order chi connectivity index (χ0) is 30.4. The van der Waals surface area contributed by atoms with Gasteiger partial charge in [0.1, 0.15) is 18.1 Å². The number of rotatable bonds is 8. The van der Waals surface area contributed by atoms with Crippen molar-refractivity contribution >= 4 is 29.4 Å². The van der Waals surface area contributed by atoms with Gasteiger partial charge in [0.2, 0.25) is 11.8 Å². The molecular weight excluding hydrogens is 550 g/mol. The fourth-order valence-electron chi connectivity index (χ4n) is 7.01. The van der Waals surface area contributed by atoms with Crippen LogP contribution in [0.1, 0.15) is 49.7 Å². The number of likely N-dealkylation sites (tertiary alicyclic amines) is 1. The molecule has 1 saturated heterocycles. The summed E-state index contributed by atoms with van der Waals surface area (Å²) in [4.78, 5) is 66.0. The van der Waals surface area contributed by atoms with Crippen LogP contribution >= 0.6 is 0 Å². The van der Waals surface area contributed by atoms with E-state index >= 15 is 0 Å². The van der Waals surface area contributed by atoms with Gasteiger partial charge in [-0.25, -0.2) is 0 Å². The van der Waals surface area contributed by atoms with Crippen LogP contribution < -0.4 is 4.74 Å². The number of carbonyl (C=O) groups is 5. The molecule has 220 valence electrons. The molecule has 6 rings (SSSR count). The molecular formula is C34H31NO8. The van der Waals surface area contributed by atoms with E-state index in [2.05, 4.69) is 0 Å². The van der Waals surface area contributed by atoms with Gasteiger partial charge < -0.3 is 14.9 Å². The molecule has 0 unspecified atom stereocenters. The summed E-state index contributed by atoms with van der Waals surface area (Å²) in [6, 6.07) is 14.5. The first-order valence-electron chi connectivity index (χ1n) is 14.4. The zero-order valence-electron chi connectivity index (χ0n) is 23.6. The van der Waals surface area contributed by atoms with Crippen LogP contribution in [0.5, 0.6) is 11.5 Å². The first-order valence-corrected chi connectivity index (χ1v) is 14.4. The van der Waals surface area contributed by atoms with Gasteiger partial charge >= 0.3 is 5.97 Å². The number of hydrogen-bond donors (Lipinski definition) is 2. The Hall–Kier alpha value is -4.79. The smallest absolute Gasteiger partial charge is 0.303 e. The molecule has 1 aliphatic heterocycles. The summed E-state index contributed by atoms with van der Waals surface area (Å²) in [5, 5.41) is 20.3. The van der Waals surface area contributed by atoms with Crippen molar-refractivity contribution in [3.8, 4) is 11.5 Å². The number of phenols is 1. The molecule has 9 heteroatoms. The minimum Gasteiger partial charge on any atom is -0.507 e. The van der Waals surface area contributed by atoms with Gasteiger partial charge in [-0.15, -0.1) is 0 Å². The molecule has 0 radical (unpaired) electrons. The third-order valence-electron chi connectivity index (χ3n) is 8.99. The van der Waals surface area contributed by atoms with Crippen LogP contribution in [-0.4, -0.2) is 51.0 Å². The van der Waals surface area contributed by atoms with E-state index in [9.17, 15) is 29.1 Å². The number of carboxylic acids is 1. The highest BCUT2D eigenvalue weighted by Crippen LogP contribution is 2.56. The fraction of sp³-hybridized carbons (Fsp3) is 0.324. The lowest BCUT2D eigenvalue weighted by Gasteiger charge is -2.42. The molecule has 2 amide bonds. The number of Topliss-reactive ketones (excluding diaryl/α,β-unsaturated/α-hetero) is 1. The maximum atomic E-state index is 13.7. The molecule has 0 bridgehead atoms. The van der Waals surface area contributed by atoms with Crippen molar-refractivity contribution in [1.82, 2.24) is 4.90 Å². The van der Waals surface area contributed by atoms with E-state index in [1.54, 1.807) is 19.1 Å². The number of amides is 2. The van der Waals surface area contributed by atoms with E-state index in [-0.39, 0.29) is 61.4 Å².